The molecule has 2 heteroatoms. The minimum atomic E-state index is 0.460. The molecule has 2 nitrogen and oxygen atoms in total. The number of nitrogens with zero attached hydrogens (tertiary/aromatic N) is 1. The number of nitrogens with two attached hydrogens (primary N) is 1. The standard InChI is InChI=1S/C12H24N2/c13-12-7-9-14(10-12)8-6-11-4-2-1-3-5-11/h11-12H,1-10,13H2. The van der Waals surface area contributed by atoms with Crippen molar-refractivity contribution in [1.82, 2.24) is 4.90 Å². The van der Waals surface area contributed by atoms with Crippen LogP contribution in [0.15, 0.2) is 0 Å². The van der Waals surface area contributed by atoms with Crippen LogP contribution in [0.5, 0.6) is 0 Å². The highest BCUT2D eigenvalue weighted by Crippen LogP contribution is 2.26. The molecule has 0 aromatic rings. The van der Waals surface area contributed by atoms with Crippen LogP contribution in [0, 0.1) is 5.92 Å². The van der Waals surface area contributed by atoms with Gasteiger partial charge in [-0.1, -0.05) is 32.1 Å². The first-order valence-electron chi connectivity index (χ1n) is 6.32. The predicted octanol–water partition coefficient (Wildman–Crippen LogP) is 1.99. The van der Waals surface area contributed by atoms with Gasteiger partial charge in [-0.3, -0.25) is 0 Å². The number of hydrogen-bond acceptors (Lipinski definition) is 2. The summed E-state index contributed by atoms with van der Waals surface area (Å²) < 4.78 is 0. The lowest BCUT2D eigenvalue weighted by atomic mass is 9.87. The van der Waals surface area contributed by atoms with Gasteiger partial charge in [-0.05, 0) is 31.8 Å². The zero-order valence-corrected chi connectivity index (χ0v) is 9.25. The van der Waals surface area contributed by atoms with Crippen LogP contribution in [0.1, 0.15) is 44.9 Å². The molecule has 0 radical (unpaired) electrons. The molecule has 0 aromatic heterocycles. The van der Waals surface area contributed by atoms with Gasteiger partial charge in [0.25, 0.3) is 0 Å². The SMILES string of the molecule is NC1CCN(CCC2CCCCC2)C1. The Bertz CT molecular complexity index is 159. The van der Waals surface area contributed by atoms with Crippen molar-refractivity contribution in [3.05, 3.63) is 0 Å². The third-order valence-corrected chi connectivity index (χ3v) is 3.89. The Morgan fingerprint density at radius 2 is 1.86 bits per heavy atom. The molecule has 1 saturated heterocycles. The molecule has 0 aromatic carbocycles. The maximum absolute atomic E-state index is 5.89. The molecule has 1 saturated carbocycles. The van der Waals surface area contributed by atoms with E-state index >= 15 is 0 Å². The van der Waals surface area contributed by atoms with Gasteiger partial charge in [-0.25, -0.2) is 0 Å². The van der Waals surface area contributed by atoms with E-state index in [2.05, 4.69) is 4.90 Å². The van der Waals surface area contributed by atoms with Gasteiger partial charge in [0, 0.05) is 12.6 Å². The first-order chi connectivity index (χ1) is 6.84. The van der Waals surface area contributed by atoms with Gasteiger partial charge >= 0.3 is 0 Å². The molecule has 0 spiro atoms. The molecule has 2 aliphatic rings. The summed E-state index contributed by atoms with van der Waals surface area (Å²) in [4.78, 5) is 2.55. The first kappa shape index (κ1) is 10.4. The molecule has 82 valence electrons. The average molecular weight is 196 g/mol. The van der Waals surface area contributed by atoms with E-state index in [1.165, 1.54) is 58.0 Å². The van der Waals surface area contributed by atoms with Crippen LogP contribution in [-0.4, -0.2) is 30.6 Å². The third-order valence-electron chi connectivity index (χ3n) is 3.89. The molecule has 0 amide bonds. The van der Waals surface area contributed by atoms with Gasteiger partial charge in [-0.15, -0.1) is 0 Å². The topological polar surface area (TPSA) is 29.3 Å². The molecule has 1 aliphatic carbocycles. The van der Waals surface area contributed by atoms with Crippen LogP contribution in [0.3, 0.4) is 0 Å². The second-order valence-corrected chi connectivity index (χ2v) is 5.14. The monoisotopic (exact) mass is 196 g/mol. The minimum absolute atomic E-state index is 0.460. The van der Waals surface area contributed by atoms with Crippen molar-refractivity contribution in [3.8, 4) is 0 Å². The molecular formula is C12H24N2. The number of hydrogen-bond donors (Lipinski definition) is 1. The van der Waals surface area contributed by atoms with Crippen molar-refractivity contribution in [2.75, 3.05) is 19.6 Å². The first-order valence-corrected chi connectivity index (χ1v) is 6.32. The smallest absolute Gasteiger partial charge is 0.0180 e. The van der Waals surface area contributed by atoms with Gasteiger partial charge < -0.3 is 10.6 Å². The lowest BCUT2D eigenvalue weighted by Gasteiger charge is -2.24. The van der Waals surface area contributed by atoms with Crippen molar-refractivity contribution >= 4 is 0 Å². The summed E-state index contributed by atoms with van der Waals surface area (Å²) in [6, 6.07) is 0.460. The Morgan fingerprint density at radius 3 is 2.50 bits per heavy atom. The molecule has 1 heterocycles. The van der Waals surface area contributed by atoms with Crippen molar-refractivity contribution < 1.29 is 0 Å². The minimum Gasteiger partial charge on any atom is -0.326 e. The van der Waals surface area contributed by atoms with Crippen LogP contribution in [0.4, 0.5) is 0 Å². The molecule has 2 N–H and O–H groups in total. The Hall–Kier alpha value is -0.0800. The third kappa shape index (κ3) is 2.96. The van der Waals surface area contributed by atoms with Crippen molar-refractivity contribution in [2.45, 2.75) is 51.0 Å². The van der Waals surface area contributed by atoms with E-state index in [0.717, 1.165) is 12.5 Å². The summed E-state index contributed by atoms with van der Waals surface area (Å²) in [6.45, 7) is 3.69. The van der Waals surface area contributed by atoms with Crippen molar-refractivity contribution in [2.24, 2.45) is 11.7 Å². The highest BCUT2D eigenvalue weighted by molar-refractivity contribution is 4.78. The molecule has 14 heavy (non-hydrogen) atoms. The normalized spacial score (nSPS) is 31.1. The maximum Gasteiger partial charge on any atom is 0.0180 e. The van der Waals surface area contributed by atoms with Crippen LogP contribution in [0.2, 0.25) is 0 Å². The predicted molar refractivity (Wildman–Crippen MR) is 60.2 cm³/mol. The molecule has 1 atom stereocenters. The summed E-state index contributed by atoms with van der Waals surface area (Å²) in [7, 11) is 0. The second-order valence-electron chi connectivity index (χ2n) is 5.14. The van der Waals surface area contributed by atoms with Gasteiger partial charge in [0.15, 0.2) is 0 Å². The lowest BCUT2D eigenvalue weighted by Crippen LogP contribution is -2.28. The summed E-state index contributed by atoms with van der Waals surface area (Å²) in [5.41, 5.74) is 5.89. The van der Waals surface area contributed by atoms with Gasteiger partial charge in [0.1, 0.15) is 0 Å². The molecule has 1 unspecified atom stereocenters. The Balaban J connectivity index is 1.61. The van der Waals surface area contributed by atoms with E-state index in [-0.39, 0.29) is 0 Å². The number of rotatable bonds is 3. The zero-order chi connectivity index (χ0) is 9.80. The van der Waals surface area contributed by atoms with Gasteiger partial charge in [0.05, 0.1) is 0 Å². The fraction of sp³-hybridized carbons (Fsp3) is 1.00. The molecule has 0 bridgehead atoms. The van der Waals surface area contributed by atoms with Gasteiger partial charge in [-0.2, -0.15) is 0 Å². The largest absolute Gasteiger partial charge is 0.326 e. The van der Waals surface area contributed by atoms with E-state index in [9.17, 15) is 0 Å². The van der Waals surface area contributed by atoms with Gasteiger partial charge in [0.2, 0.25) is 0 Å². The highest BCUT2D eigenvalue weighted by atomic mass is 15.2. The maximum atomic E-state index is 5.89. The Labute approximate surface area is 87.8 Å². The highest BCUT2D eigenvalue weighted by Gasteiger charge is 2.20. The van der Waals surface area contributed by atoms with E-state index < -0.39 is 0 Å². The molecular weight excluding hydrogens is 172 g/mol. The summed E-state index contributed by atoms with van der Waals surface area (Å²) in [6.07, 6.45) is 10.0. The van der Waals surface area contributed by atoms with Crippen LogP contribution in [0.25, 0.3) is 0 Å². The molecule has 2 fully saturated rings. The van der Waals surface area contributed by atoms with Crippen molar-refractivity contribution in [3.63, 3.8) is 0 Å². The molecule has 2 rings (SSSR count). The number of likely N-dealkylation sites (tertiary alicyclic amines) is 1. The zero-order valence-electron chi connectivity index (χ0n) is 9.25. The summed E-state index contributed by atoms with van der Waals surface area (Å²) >= 11 is 0. The van der Waals surface area contributed by atoms with E-state index in [1.54, 1.807) is 0 Å². The fourth-order valence-corrected chi connectivity index (χ4v) is 2.91. The Kier molecular flexibility index (Phi) is 3.82. The fourth-order valence-electron chi connectivity index (χ4n) is 2.91. The van der Waals surface area contributed by atoms with Crippen LogP contribution < -0.4 is 5.73 Å². The average Bonchev–Trinajstić information content (AvgIpc) is 2.63. The van der Waals surface area contributed by atoms with E-state index in [0.29, 0.717) is 6.04 Å². The van der Waals surface area contributed by atoms with Crippen molar-refractivity contribution in [1.29, 1.82) is 0 Å². The van der Waals surface area contributed by atoms with Crippen LogP contribution in [-0.2, 0) is 0 Å². The van der Waals surface area contributed by atoms with E-state index in [1.807, 2.05) is 0 Å². The quantitative estimate of drug-likeness (QED) is 0.748. The lowest BCUT2D eigenvalue weighted by molar-refractivity contribution is 0.264. The summed E-state index contributed by atoms with van der Waals surface area (Å²) in [5.74, 6) is 1.03. The summed E-state index contributed by atoms with van der Waals surface area (Å²) in [5, 5.41) is 0. The second kappa shape index (κ2) is 5.13. The Morgan fingerprint density at radius 1 is 1.07 bits per heavy atom. The molecule has 1 aliphatic heterocycles. The van der Waals surface area contributed by atoms with E-state index in [4.69, 9.17) is 5.73 Å². The van der Waals surface area contributed by atoms with Crippen LogP contribution >= 0.6 is 0 Å².